The number of carbonyl (C=O) groups is 1. The van der Waals surface area contributed by atoms with Gasteiger partial charge in [0.15, 0.2) is 0 Å². The van der Waals surface area contributed by atoms with Crippen molar-refractivity contribution in [2.24, 2.45) is 0 Å². The Morgan fingerprint density at radius 1 is 0.667 bits per heavy atom. The molecule has 24 heavy (non-hydrogen) atoms. The second-order valence-corrected chi connectivity index (χ2v) is 5.28. The van der Waals surface area contributed by atoms with E-state index in [1.165, 1.54) is 5.56 Å². The number of hydrogen-bond acceptors (Lipinski definition) is 3. The zero-order chi connectivity index (χ0) is 16.6. The lowest BCUT2D eigenvalue weighted by atomic mass is 10.1. The maximum atomic E-state index is 10.7. The summed E-state index contributed by atoms with van der Waals surface area (Å²) >= 11 is 0. The van der Waals surface area contributed by atoms with E-state index >= 15 is 0 Å². The molecule has 0 unspecified atom stereocenters. The molecule has 0 aliphatic heterocycles. The first-order valence-corrected chi connectivity index (χ1v) is 7.81. The molecule has 0 heterocycles. The summed E-state index contributed by atoms with van der Waals surface area (Å²) < 4.78 is 11.3. The van der Waals surface area contributed by atoms with Gasteiger partial charge in [-0.25, -0.2) is 0 Å². The highest BCUT2D eigenvalue weighted by Gasteiger charge is 1.99. The van der Waals surface area contributed by atoms with Crippen LogP contribution in [0.2, 0.25) is 0 Å². The molecule has 3 heteroatoms. The quantitative estimate of drug-likeness (QED) is 0.471. The Bertz CT molecular complexity index is 780. The lowest BCUT2D eigenvalue weighted by Gasteiger charge is -2.09. The monoisotopic (exact) mass is 318 g/mol. The molecule has 0 N–H and O–H groups in total. The second-order valence-electron chi connectivity index (χ2n) is 5.28. The summed E-state index contributed by atoms with van der Waals surface area (Å²) in [6.45, 7) is 0.860. The number of rotatable bonds is 7. The van der Waals surface area contributed by atoms with Crippen LogP contribution in [0.1, 0.15) is 10.4 Å². The first-order valence-electron chi connectivity index (χ1n) is 7.81. The van der Waals surface area contributed by atoms with Gasteiger partial charge >= 0.3 is 0 Å². The van der Waals surface area contributed by atoms with Gasteiger partial charge in [-0.05, 0) is 35.4 Å². The average Bonchev–Trinajstić information content (AvgIpc) is 2.67. The highest BCUT2D eigenvalue weighted by atomic mass is 16.5. The molecule has 3 rings (SSSR count). The highest BCUT2D eigenvalue weighted by Crippen LogP contribution is 2.22. The fourth-order valence-electron chi connectivity index (χ4n) is 2.37. The number of carbonyl (C=O) groups excluding carboxylic acids is 1. The second kappa shape index (κ2) is 7.97. The fourth-order valence-corrected chi connectivity index (χ4v) is 2.37. The van der Waals surface area contributed by atoms with Crippen molar-refractivity contribution in [2.45, 2.75) is 0 Å². The summed E-state index contributed by atoms with van der Waals surface area (Å²) in [5.41, 5.74) is 2.94. The van der Waals surface area contributed by atoms with E-state index in [-0.39, 0.29) is 0 Å². The van der Waals surface area contributed by atoms with Crippen molar-refractivity contribution in [3.8, 4) is 22.6 Å². The highest BCUT2D eigenvalue weighted by molar-refractivity contribution is 5.75. The molecule has 0 saturated carbocycles. The van der Waals surface area contributed by atoms with Gasteiger partial charge in [-0.3, -0.25) is 4.79 Å². The molecule has 0 bridgehead atoms. The average molecular weight is 318 g/mol. The Kier molecular flexibility index (Phi) is 5.25. The van der Waals surface area contributed by atoms with E-state index in [0.29, 0.717) is 24.5 Å². The summed E-state index contributed by atoms with van der Waals surface area (Å²) in [6, 6.07) is 25.3. The lowest BCUT2D eigenvalue weighted by Crippen LogP contribution is -2.09. The van der Waals surface area contributed by atoms with Crippen LogP contribution in [0.3, 0.4) is 0 Å². The van der Waals surface area contributed by atoms with Gasteiger partial charge in [0.05, 0.1) is 0 Å². The first kappa shape index (κ1) is 15.8. The summed E-state index contributed by atoms with van der Waals surface area (Å²) in [5, 5.41) is 0. The van der Waals surface area contributed by atoms with Gasteiger partial charge < -0.3 is 9.47 Å². The number of hydrogen-bond donors (Lipinski definition) is 0. The molecule has 120 valence electrons. The molecule has 0 amide bonds. The molecule has 3 aromatic rings. The van der Waals surface area contributed by atoms with Gasteiger partial charge in [-0.1, -0.05) is 54.6 Å². The van der Waals surface area contributed by atoms with Crippen LogP contribution in [0.5, 0.6) is 11.5 Å². The standard InChI is InChI=1S/C21H18O3/c22-16-17-5-4-8-21(15-17)24-14-13-23-20-11-9-19(10-12-20)18-6-2-1-3-7-18/h1-12,15-16H,13-14H2. The minimum atomic E-state index is 0.419. The third-order valence-electron chi connectivity index (χ3n) is 3.58. The molecule has 3 nitrogen and oxygen atoms in total. The maximum absolute atomic E-state index is 10.7. The Labute approximate surface area is 141 Å². The maximum Gasteiger partial charge on any atom is 0.150 e. The van der Waals surface area contributed by atoms with Gasteiger partial charge in [0.2, 0.25) is 0 Å². The third-order valence-corrected chi connectivity index (χ3v) is 3.58. The van der Waals surface area contributed by atoms with Crippen LogP contribution >= 0.6 is 0 Å². The van der Waals surface area contributed by atoms with E-state index in [9.17, 15) is 4.79 Å². The lowest BCUT2D eigenvalue weighted by molar-refractivity contribution is 0.112. The van der Waals surface area contributed by atoms with Crippen LogP contribution in [-0.2, 0) is 0 Å². The van der Waals surface area contributed by atoms with E-state index in [2.05, 4.69) is 12.1 Å². The van der Waals surface area contributed by atoms with Crippen molar-refractivity contribution in [3.05, 3.63) is 84.4 Å². The van der Waals surface area contributed by atoms with Crippen LogP contribution < -0.4 is 9.47 Å². The molecule has 0 atom stereocenters. The minimum Gasteiger partial charge on any atom is -0.490 e. The summed E-state index contributed by atoms with van der Waals surface area (Å²) in [4.78, 5) is 10.7. The molecule has 0 aromatic heterocycles. The number of ether oxygens (including phenoxy) is 2. The fraction of sp³-hybridized carbons (Fsp3) is 0.0952. The SMILES string of the molecule is O=Cc1cccc(OCCOc2ccc(-c3ccccc3)cc2)c1. The first-order chi connectivity index (χ1) is 11.8. The van der Waals surface area contributed by atoms with E-state index in [1.54, 1.807) is 18.2 Å². The third kappa shape index (κ3) is 4.23. The molecular weight excluding hydrogens is 300 g/mol. The zero-order valence-electron chi connectivity index (χ0n) is 13.2. The van der Waals surface area contributed by atoms with E-state index in [4.69, 9.17) is 9.47 Å². The Balaban J connectivity index is 1.49. The van der Waals surface area contributed by atoms with Gasteiger partial charge in [-0.2, -0.15) is 0 Å². The van der Waals surface area contributed by atoms with E-state index in [1.807, 2.05) is 48.5 Å². The summed E-state index contributed by atoms with van der Waals surface area (Å²) in [7, 11) is 0. The Morgan fingerprint density at radius 2 is 1.33 bits per heavy atom. The van der Waals surface area contributed by atoms with Gasteiger partial charge in [0.1, 0.15) is 31.0 Å². The molecular formula is C21H18O3. The van der Waals surface area contributed by atoms with Crippen molar-refractivity contribution in [2.75, 3.05) is 13.2 Å². The van der Waals surface area contributed by atoms with Crippen LogP contribution in [0, 0.1) is 0 Å². The normalized spacial score (nSPS) is 10.2. The van der Waals surface area contributed by atoms with Crippen molar-refractivity contribution >= 4 is 6.29 Å². The molecule has 0 radical (unpaired) electrons. The molecule has 0 fully saturated rings. The Hall–Kier alpha value is -3.07. The summed E-state index contributed by atoms with van der Waals surface area (Å²) in [5.74, 6) is 1.47. The van der Waals surface area contributed by atoms with Crippen molar-refractivity contribution < 1.29 is 14.3 Å². The van der Waals surface area contributed by atoms with Crippen molar-refractivity contribution in [1.82, 2.24) is 0 Å². The van der Waals surface area contributed by atoms with Gasteiger partial charge in [0.25, 0.3) is 0 Å². The van der Waals surface area contributed by atoms with Crippen molar-refractivity contribution in [1.29, 1.82) is 0 Å². The van der Waals surface area contributed by atoms with Gasteiger partial charge in [0, 0.05) is 5.56 Å². The summed E-state index contributed by atoms with van der Waals surface area (Å²) in [6.07, 6.45) is 0.803. The molecule has 0 spiro atoms. The van der Waals surface area contributed by atoms with E-state index < -0.39 is 0 Å². The number of benzene rings is 3. The number of aldehydes is 1. The van der Waals surface area contributed by atoms with Crippen LogP contribution in [0.25, 0.3) is 11.1 Å². The van der Waals surface area contributed by atoms with Crippen molar-refractivity contribution in [3.63, 3.8) is 0 Å². The Morgan fingerprint density at radius 3 is 2.04 bits per heavy atom. The van der Waals surface area contributed by atoms with Crippen LogP contribution in [-0.4, -0.2) is 19.5 Å². The predicted molar refractivity (Wildman–Crippen MR) is 94.7 cm³/mol. The predicted octanol–water partition coefficient (Wildman–Crippen LogP) is 4.62. The minimum absolute atomic E-state index is 0.419. The molecule has 0 aliphatic rings. The van der Waals surface area contributed by atoms with Crippen LogP contribution in [0.4, 0.5) is 0 Å². The van der Waals surface area contributed by atoms with Gasteiger partial charge in [-0.15, -0.1) is 0 Å². The largest absolute Gasteiger partial charge is 0.490 e. The van der Waals surface area contributed by atoms with E-state index in [0.717, 1.165) is 17.6 Å². The van der Waals surface area contributed by atoms with Crippen LogP contribution in [0.15, 0.2) is 78.9 Å². The molecule has 3 aromatic carbocycles. The molecule has 0 saturated heterocycles. The topological polar surface area (TPSA) is 35.5 Å². The smallest absolute Gasteiger partial charge is 0.150 e. The molecule has 0 aliphatic carbocycles. The zero-order valence-corrected chi connectivity index (χ0v) is 13.2.